The van der Waals surface area contributed by atoms with Gasteiger partial charge in [-0.05, 0) is 47.1 Å². The number of anilines is 1. The zero-order valence-electron chi connectivity index (χ0n) is 15.1. The monoisotopic (exact) mass is 511 g/mol. The lowest BCUT2D eigenvalue weighted by molar-refractivity contribution is -0.131. The van der Waals surface area contributed by atoms with Crippen LogP contribution in [0.3, 0.4) is 0 Å². The molecule has 8 heteroatoms. The number of phenols is 1. The number of carbonyl (C=O) groups is 2. The molecule has 0 spiro atoms. The van der Waals surface area contributed by atoms with Gasteiger partial charge in [0, 0.05) is 27.7 Å². The van der Waals surface area contributed by atoms with E-state index < -0.39 is 24.1 Å². The van der Waals surface area contributed by atoms with Gasteiger partial charge in [-0.2, -0.15) is 0 Å². The molecule has 1 amide bonds. The highest BCUT2D eigenvalue weighted by atomic mass is 79.9. The summed E-state index contributed by atoms with van der Waals surface area (Å²) in [5.41, 5.74) is 1.94. The Bertz CT molecular complexity index is 896. The first-order valence-electron chi connectivity index (χ1n) is 8.30. The Morgan fingerprint density at radius 2 is 1.82 bits per heavy atom. The van der Waals surface area contributed by atoms with Crippen molar-refractivity contribution in [3.05, 3.63) is 68.6 Å². The van der Waals surface area contributed by atoms with Crippen LogP contribution in [-0.4, -0.2) is 22.3 Å². The van der Waals surface area contributed by atoms with Gasteiger partial charge in [0.05, 0.1) is 4.47 Å². The van der Waals surface area contributed by atoms with Crippen LogP contribution in [0.5, 0.6) is 5.75 Å². The van der Waals surface area contributed by atoms with E-state index in [0.717, 1.165) is 11.6 Å². The van der Waals surface area contributed by atoms with E-state index in [-0.39, 0.29) is 5.75 Å². The Morgan fingerprint density at radius 1 is 1.18 bits per heavy atom. The van der Waals surface area contributed by atoms with E-state index in [1.54, 1.807) is 31.2 Å². The molecule has 0 heterocycles. The normalized spacial score (nSPS) is 13.1. The molecule has 0 bridgehead atoms. The molecule has 0 fully saturated rings. The van der Waals surface area contributed by atoms with Crippen LogP contribution in [-0.2, 0) is 9.53 Å². The second-order valence-corrected chi connectivity index (χ2v) is 7.97. The smallest absolute Gasteiger partial charge is 0.412 e. The maximum atomic E-state index is 12.4. The minimum atomic E-state index is -1.12. The highest BCUT2D eigenvalue weighted by Crippen LogP contribution is 2.40. The Kier molecular flexibility index (Phi) is 7.65. The molecular formula is C20H19Br2NO5. The van der Waals surface area contributed by atoms with Crippen molar-refractivity contribution in [2.75, 3.05) is 5.32 Å². The number of carboxylic acids is 1. The molecular weight excluding hydrogens is 494 g/mol. The van der Waals surface area contributed by atoms with Crippen LogP contribution in [0.1, 0.15) is 24.2 Å². The molecule has 2 aromatic carbocycles. The summed E-state index contributed by atoms with van der Waals surface area (Å²) in [4.78, 5) is 23.3. The summed E-state index contributed by atoms with van der Waals surface area (Å²) in [5, 5.41) is 21.9. The van der Waals surface area contributed by atoms with E-state index in [4.69, 9.17) is 9.84 Å². The van der Waals surface area contributed by atoms with Crippen LogP contribution in [0.4, 0.5) is 10.5 Å². The standard InChI is InChI=1S/C20H19Br2NO5/c1-11-3-6-14(7-4-11)23-20(27)28-19(12(2)5-8-17(24)25)15-9-13(21)10-16(22)18(15)26/h3-10,12,19,26H,1-2H3,(H,23,27)(H,24,25)/b8-5+/t12-,19+/m1/s1. The lowest BCUT2D eigenvalue weighted by Gasteiger charge is -2.24. The maximum absolute atomic E-state index is 12.4. The first-order chi connectivity index (χ1) is 13.2. The molecule has 0 aliphatic rings. The molecule has 0 radical (unpaired) electrons. The number of phenolic OH excluding ortho intramolecular Hbond substituents is 1. The van der Waals surface area contributed by atoms with Crippen LogP contribution >= 0.6 is 31.9 Å². The summed E-state index contributed by atoms with van der Waals surface area (Å²) in [7, 11) is 0. The Morgan fingerprint density at radius 3 is 2.43 bits per heavy atom. The largest absolute Gasteiger partial charge is 0.506 e. The topological polar surface area (TPSA) is 95.9 Å². The first-order valence-corrected chi connectivity index (χ1v) is 9.89. The second-order valence-electron chi connectivity index (χ2n) is 6.20. The molecule has 2 aromatic rings. The van der Waals surface area contributed by atoms with E-state index in [1.807, 2.05) is 19.1 Å². The zero-order chi connectivity index (χ0) is 20.8. The first kappa shape index (κ1) is 22.0. The van der Waals surface area contributed by atoms with E-state index in [2.05, 4.69) is 37.2 Å². The maximum Gasteiger partial charge on any atom is 0.412 e. The summed E-state index contributed by atoms with van der Waals surface area (Å²) in [6, 6.07) is 10.5. The number of aryl methyl sites for hydroxylation is 1. The fourth-order valence-corrected chi connectivity index (χ4v) is 3.75. The average molecular weight is 513 g/mol. The van der Waals surface area contributed by atoms with E-state index in [9.17, 15) is 14.7 Å². The van der Waals surface area contributed by atoms with Gasteiger partial charge in [0.25, 0.3) is 0 Å². The lowest BCUT2D eigenvalue weighted by Crippen LogP contribution is -2.21. The fourth-order valence-electron chi connectivity index (χ4n) is 2.49. The van der Waals surface area contributed by atoms with Gasteiger partial charge in [-0.25, -0.2) is 9.59 Å². The van der Waals surface area contributed by atoms with Crippen LogP contribution in [0.15, 0.2) is 57.5 Å². The van der Waals surface area contributed by atoms with Crippen molar-refractivity contribution >= 4 is 49.6 Å². The molecule has 0 saturated heterocycles. The summed E-state index contributed by atoms with van der Waals surface area (Å²) >= 11 is 6.60. The molecule has 3 N–H and O–H groups in total. The number of rotatable bonds is 6. The van der Waals surface area contributed by atoms with Crippen molar-refractivity contribution in [3.8, 4) is 5.75 Å². The number of carbonyl (C=O) groups excluding carboxylic acids is 1. The highest BCUT2D eigenvalue weighted by molar-refractivity contribution is 9.11. The minimum absolute atomic E-state index is 0.0908. The molecule has 148 valence electrons. The predicted molar refractivity (Wildman–Crippen MR) is 113 cm³/mol. The van der Waals surface area contributed by atoms with E-state index in [0.29, 0.717) is 20.2 Å². The van der Waals surface area contributed by atoms with Crippen molar-refractivity contribution in [2.24, 2.45) is 5.92 Å². The number of hydrogen-bond donors (Lipinski definition) is 3. The second kappa shape index (κ2) is 9.75. The number of ether oxygens (including phenoxy) is 1. The number of benzene rings is 2. The highest BCUT2D eigenvalue weighted by Gasteiger charge is 2.26. The fraction of sp³-hybridized carbons (Fsp3) is 0.200. The van der Waals surface area contributed by atoms with Crippen molar-refractivity contribution < 1.29 is 24.5 Å². The quantitative estimate of drug-likeness (QED) is 0.425. The van der Waals surface area contributed by atoms with Gasteiger partial charge < -0.3 is 14.9 Å². The SMILES string of the molecule is Cc1ccc(NC(=O)O[C@H](c2cc(Br)cc(Br)c2O)[C@H](C)/C=C/C(=O)O)cc1. The number of hydrogen-bond acceptors (Lipinski definition) is 4. The predicted octanol–water partition coefficient (Wildman–Crippen LogP) is 5.79. The summed E-state index contributed by atoms with van der Waals surface area (Å²) in [6.45, 7) is 3.63. The molecule has 0 aliphatic carbocycles. The number of amides is 1. The van der Waals surface area contributed by atoms with Crippen molar-refractivity contribution in [1.82, 2.24) is 0 Å². The number of halogens is 2. The van der Waals surface area contributed by atoms with Crippen molar-refractivity contribution in [3.63, 3.8) is 0 Å². The van der Waals surface area contributed by atoms with E-state index in [1.165, 1.54) is 6.08 Å². The molecule has 0 unspecified atom stereocenters. The summed E-state index contributed by atoms with van der Waals surface area (Å²) in [6.07, 6.45) is 0.735. The zero-order valence-corrected chi connectivity index (χ0v) is 18.3. The van der Waals surface area contributed by atoms with Gasteiger partial charge in [-0.1, -0.05) is 46.6 Å². The molecule has 0 aromatic heterocycles. The van der Waals surface area contributed by atoms with Crippen molar-refractivity contribution in [1.29, 1.82) is 0 Å². The molecule has 28 heavy (non-hydrogen) atoms. The van der Waals surface area contributed by atoms with Gasteiger partial charge in [0.2, 0.25) is 0 Å². The average Bonchev–Trinajstić information content (AvgIpc) is 2.62. The summed E-state index contributed by atoms with van der Waals surface area (Å²) < 4.78 is 6.64. The number of carboxylic acid groups (broad SMARTS) is 1. The van der Waals surface area contributed by atoms with Crippen molar-refractivity contribution in [2.45, 2.75) is 20.0 Å². The van der Waals surface area contributed by atoms with Gasteiger partial charge in [0.15, 0.2) is 0 Å². The number of aromatic hydroxyl groups is 1. The summed E-state index contributed by atoms with van der Waals surface area (Å²) in [5.74, 6) is -1.73. The van der Waals surface area contributed by atoms with Gasteiger partial charge in [-0.3, -0.25) is 5.32 Å². The number of aliphatic carboxylic acids is 1. The third kappa shape index (κ3) is 6.10. The minimum Gasteiger partial charge on any atom is -0.506 e. The molecule has 2 atom stereocenters. The Balaban J connectivity index is 2.31. The Hall–Kier alpha value is -2.32. The van der Waals surface area contributed by atoms with Crippen LogP contribution < -0.4 is 5.32 Å². The van der Waals surface area contributed by atoms with Gasteiger partial charge in [0.1, 0.15) is 11.9 Å². The number of nitrogens with one attached hydrogen (secondary N) is 1. The van der Waals surface area contributed by atoms with Crippen LogP contribution in [0.25, 0.3) is 0 Å². The molecule has 2 rings (SSSR count). The lowest BCUT2D eigenvalue weighted by atomic mass is 9.96. The van der Waals surface area contributed by atoms with Gasteiger partial charge >= 0.3 is 12.1 Å². The van der Waals surface area contributed by atoms with E-state index >= 15 is 0 Å². The van der Waals surface area contributed by atoms with Gasteiger partial charge in [-0.15, -0.1) is 0 Å². The van der Waals surface area contributed by atoms with Crippen LogP contribution in [0.2, 0.25) is 0 Å². The third-order valence-electron chi connectivity index (χ3n) is 3.92. The molecule has 6 nitrogen and oxygen atoms in total. The molecule has 0 aliphatic heterocycles. The van der Waals surface area contributed by atoms with Crippen LogP contribution in [0, 0.1) is 12.8 Å². The third-order valence-corrected chi connectivity index (χ3v) is 4.98. The Labute approximate surface area is 179 Å². The molecule has 0 saturated carbocycles.